The van der Waals surface area contributed by atoms with Crippen molar-refractivity contribution < 1.29 is 18.7 Å². The number of benzene rings is 1. The Kier molecular flexibility index (Phi) is 5.35. The summed E-state index contributed by atoms with van der Waals surface area (Å²) in [6.07, 6.45) is 0.282. The molecule has 2 rings (SSSR count). The molecule has 0 spiro atoms. The van der Waals surface area contributed by atoms with Crippen LogP contribution in [0.15, 0.2) is 41.3 Å². The monoisotopic (exact) mass is 352 g/mol. The first-order chi connectivity index (χ1) is 11.3. The largest absolute Gasteiger partial charge is 0.449 e. The molecule has 0 radical (unpaired) electrons. The van der Waals surface area contributed by atoms with Crippen LogP contribution in [0.1, 0.15) is 17.3 Å². The number of anilines is 1. The number of rotatable bonds is 4. The molecule has 0 saturated carbocycles. The lowest BCUT2D eigenvalue weighted by molar-refractivity contribution is -0.123. The Morgan fingerprint density at radius 3 is 2.62 bits per heavy atom. The summed E-state index contributed by atoms with van der Waals surface area (Å²) in [6, 6.07) is 6.01. The van der Waals surface area contributed by atoms with Gasteiger partial charge in [0.25, 0.3) is 11.5 Å². The predicted molar refractivity (Wildman–Crippen MR) is 86.6 cm³/mol. The van der Waals surface area contributed by atoms with Crippen molar-refractivity contribution in [2.75, 3.05) is 5.32 Å². The van der Waals surface area contributed by atoms with Crippen molar-refractivity contribution in [3.05, 3.63) is 63.3 Å². The maximum Gasteiger partial charge on any atom is 0.339 e. The van der Waals surface area contributed by atoms with Crippen LogP contribution in [0.25, 0.3) is 0 Å². The van der Waals surface area contributed by atoms with Crippen molar-refractivity contribution in [1.82, 2.24) is 4.57 Å². The van der Waals surface area contributed by atoms with Crippen LogP contribution < -0.4 is 10.9 Å². The number of carbonyl (C=O) groups excluding carboxylic acids is 2. The van der Waals surface area contributed by atoms with E-state index in [-0.39, 0.29) is 21.8 Å². The van der Waals surface area contributed by atoms with Crippen molar-refractivity contribution in [3.8, 4) is 0 Å². The van der Waals surface area contributed by atoms with Gasteiger partial charge in [0.05, 0.1) is 16.3 Å². The van der Waals surface area contributed by atoms with Crippen LogP contribution in [0.5, 0.6) is 0 Å². The number of esters is 1. The maximum absolute atomic E-state index is 13.0. The fourth-order valence-corrected chi connectivity index (χ4v) is 2.00. The van der Waals surface area contributed by atoms with E-state index in [0.29, 0.717) is 0 Å². The van der Waals surface area contributed by atoms with Crippen LogP contribution >= 0.6 is 11.6 Å². The number of hydrogen-bond acceptors (Lipinski definition) is 4. The Balaban J connectivity index is 2.04. The van der Waals surface area contributed by atoms with E-state index in [2.05, 4.69) is 5.32 Å². The van der Waals surface area contributed by atoms with Gasteiger partial charge in [-0.15, -0.1) is 0 Å². The highest BCUT2D eigenvalue weighted by Gasteiger charge is 2.20. The molecule has 24 heavy (non-hydrogen) atoms. The van der Waals surface area contributed by atoms with E-state index in [0.717, 1.165) is 18.2 Å². The summed E-state index contributed by atoms with van der Waals surface area (Å²) in [5.74, 6) is -1.98. The number of nitrogens with zero attached hydrogens (tertiary/aromatic N) is 1. The number of nitrogens with one attached hydrogen (secondary N) is 1. The van der Waals surface area contributed by atoms with Gasteiger partial charge >= 0.3 is 5.97 Å². The van der Waals surface area contributed by atoms with Gasteiger partial charge in [-0.1, -0.05) is 11.6 Å². The SMILES string of the molecule is CC(OC(=O)c1ccn(C)c(=O)c1)C(=O)Nc1ccc(F)cc1Cl. The number of pyridine rings is 1. The molecule has 1 aromatic heterocycles. The van der Waals surface area contributed by atoms with Crippen LogP contribution in [0.4, 0.5) is 10.1 Å². The summed E-state index contributed by atoms with van der Waals surface area (Å²) in [7, 11) is 1.54. The number of aromatic nitrogens is 1. The number of aryl methyl sites for hydroxylation is 1. The third-order valence-electron chi connectivity index (χ3n) is 3.18. The topological polar surface area (TPSA) is 77.4 Å². The Morgan fingerprint density at radius 2 is 2.00 bits per heavy atom. The summed E-state index contributed by atoms with van der Waals surface area (Å²) >= 11 is 5.81. The molecule has 1 N–H and O–H groups in total. The molecule has 2 aromatic rings. The minimum Gasteiger partial charge on any atom is -0.449 e. The Morgan fingerprint density at radius 1 is 1.29 bits per heavy atom. The summed E-state index contributed by atoms with van der Waals surface area (Å²) in [6.45, 7) is 1.37. The average molecular weight is 353 g/mol. The Labute approximate surface area is 141 Å². The second-order valence-electron chi connectivity index (χ2n) is 5.03. The summed E-state index contributed by atoms with van der Waals surface area (Å²) < 4.78 is 19.3. The van der Waals surface area contributed by atoms with Gasteiger partial charge in [-0.25, -0.2) is 9.18 Å². The number of carbonyl (C=O) groups is 2. The van der Waals surface area contributed by atoms with E-state index >= 15 is 0 Å². The lowest BCUT2D eigenvalue weighted by atomic mass is 10.2. The lowest BCUT2D eigenvalue weighted by Gasteiger charge is -2.14. The summed E-state index contributed by atoms with van der Waals surface area (Å²) in [5, 5.41) is 2.46. The van der Waals surface area contributed by atoms with Gasteiger partial charge in [0.2, 0.25) is 0 Å². The van der Waals surface area contributed by atoms with Crippen molar-refractivity contribution in [2.24, 2.45) is 7.05 Å². The zero-order valence-corrected chi connectivity index (χ0v) is 13.6. The van der Waals surface area contributed by atoms with Gasteiger partial charge in [-0.3, -0.25) is 9.59 Å². The quantitative estimate of drug-likeness (QED) is 0.857. The predicted octanol–water partition coefficient (Wildman–Crippen LogP) is 2.36. The second kappa shape index (κ2) is 7.27. The Bertz CT molecular complexity index is 850. The zero-order valence-electron chi connectivity index (χ0n) is 12.9. The van der Waals surface area contributed by atoms with Gasteiger partial charge in [0.15, 0.2) is 6.10 Å². The number of amides is 1. The lowest BCUT2D eigenvalue weighted by Crippen LogP contribution is -2.30. The minimum atomic E-state index is -1.14. The first kappa shape index (κ1) is 17.7. The molecule has 1 heterocycles. The van der Waals surface area contributed by atoms with Crippen molar-refractivity contribution in [1.29, 1.82) is 0 Å². The van der Waals surface area contributed by atoms with E-state index in [1.807, 2.05) is 0 Å². The van der Waals surface area contributed by atoms with Gasteiger partial charge in [-0.05, 0) is 31.2 Å². The standard InChI is InChI=1S/C16H14ClFN2O4/c1-9(15(22)19-13-4-3-11(18)8-12(13)17)24-16(23)10-5-6-20(2)14(21)7-10/h3-9H,1-2H3,(H,19,22). The second-order valence-corrected chi connectivity index (χ2v) is 5.43. The van der Waals surface area contributed by atoms with Crippen LogP contribution in [-0.2, 0) is 16.6 Å². The number of halogens is 2. The first-order valence-electron chi connectivity index (χ1n) is 6.91. The third kappa shape index (κ3) is 4.20. The van der Waals surface area contributed by atoms with E-state index in [1.165, 1.54) is 29.8 Å². The molecule has 0 aliphatic heterocycles. The molecule has 0 aliphatic rings. The third-order valence-corrected chi connectivity index (χ3v) is 3.49. The average Bonchev–Trinajstić information content (AvgIpc) is 2.52. The molecule has 0 saturated heterocycles. The molecule has 1 atom stereocenters. The molecule has 0 aliphatic carbocycles. The normalized spacial score (nSPS) is 11.7. The summed E-state index contributed by atoms with van der Waals surface area (Å²) in [4.78, 5) is 35.5. The van der Waals surface area contributed by atoms with E-state index in [9.17, 15) is 18.8 Å². The smallest absolute Gasteiger partial charge is 0.339 e. The fourth-order valence-electron chi connectivity index (χ4n) is 1.78. The highest BCUT2D eigenvalue weighted by Crippen LogP contribution is 2.22. The van der Waals surface area contributed by atoms with Gasteiger partial charge in [0.1, 0.15) is 5.82 Å². The van der Waals surface area contributed by atoms with Crippen molar-refractivity contribution >= 4 is 29.2 Å². The fraction of sp³-hybridized carbons (Fsp3) is 0.188. The number of hydrogen-bond donors (Lipinski definition) is 1. The van der Waals surface area contributed by atoms with Gasteiger partial charge in [0, 0.05) is 19.3 Å². The molecule has 1 aromatic carbocycles. The van der Waals surface area contributed by atoms with Crippen molar-refractivity contribution in [3.63, 3.8) is 0 Å². The minimum absolute atomic E-state index is 0.0217. The van der Waals surface area contributed by atoms with Crippen molar-refractivity contribution in [2.45, 2.75) is 13.0 Å². The molecule has 1 amide bonds. The molecule has 1 unspecified atom stereocenters. The number of ether oxygens (including phenoxy) is 1. The van der Waals surface area contributed by atoms with E-state index < -0.39 is 23.8 Å². The highest BCUT2D eigenvalue weighted by molar-refractivity contribution is 6.33. The summed E-state index contributed by atoms with van der Waals surface area (Å²) in [5.41, 5.74) is -0.142. The zero-order chi connectivity index (χ0) is 17.9. The maximum atomic E-state index is 13.0. The van der Waals surface area contributed by atoms with Gasteiger partial charge in [-0.2, -0.15) is 0 Å². The Hall–Kier alpha value is -2.67. The first-order valence-corrected chi connectivity index (χ1v) is 7.29. The van der Waals surface area contributed by atoms with Crippen LogP contribution in [-0.4, -0.2) is 22.5 Å². The molecular weight excluding hydrogens is 339 g/mol. The van der Waals surface area contributed by atoms with E-state index in [4.69, 9.17) is 16.3 Å². The van der Waals surface area contributed by atoms with Crippen LogP contribution in [0, 0.1) is 5.82 Å². The molecule has 6 nitrogen and oxygen atoms in total. The molecular formula is C16H14ClFN2O4. The van der Waals surface area contributed by atoms with Crippen LogP contribution in [0.3, 0.4) is 0 Å². The van der Waals surface area contributed by atoms with Crippen LogP contribution in [0.2, 0.25) is 5.02 Å². The van der Waals surface area contributed by atoms with Gasteiger partial charge < -0.3 is 14.6 Å². The molecule has 0 bridgehead atoms. The molecule has 126 valence electrons. The molecule has 0 fully saturated rings. The molecule has 8 heteroatoms. The van der Waals surface area contributed by atoms with E-state index in [1.54, 1.807) is 7.05 Å². The highest BCUT2D eigenvalue weighted by atomic mass is 35.5.